The maximum atomic E-state index is 12.2. The SMILES string of the molecule is Cc1cnc(CNS(=O)(=O)c2ccc(CNC3CC3)s2)o1. The molecule has 0 radical (unpaired) electrons. The topological polar surface area (TPSA) is 84.2 Å². The van der Waals surface area contributed by atoms with E-state index in [-0.39, 0.29) is 6.54 Å². The van der Waals surface area contributed by atoms with Crippen molar-refractivity contribution in [1.82, 2.24) is 15.0 Å². The molecule has 0 unspecified atom stereocenters. The van der Waals surface area contributed by atoms with E-state index in [0.29, 0.717) is 21.9 Å². The Morgan fingerprint density at radius 1 is 1.38 bits per heavy atom. The number of oxazole rings is 1. The zero-order valence-electron chi connectivity index (χ0n) is 11.6. The van der Waals surface area contributed by atoms with E-state index in [2.05, 4.69) is 15.0 Å². The van der Waals surface area contributed by atoms with Gasteiger partial charge in [0.25, 0.3) is 10.0 Å². The molecule has 6 nitrogen and oxygen atoms in total. The number of aromatic nitrogens is 1. The van der Waals surface area contributed by atoms with Crippen LogP contribution < -0.4 is 10.0 Å². The highest BCUT2D eigenvalue weighted by Gasteiger charge is 2.21. The number of sulfonamides is 1. The Morgan fingerprint density at radius 3 is 2.86 bits per heavy atom. The molecule has 0 atom stereocenters. The van der Waals surface area contributed by atoms with Gasteiger partial charge in [0.15, 0.2) is 0 Å². The van der Waals surface area contributed by atoms with Gasteiger partial charge in [-0.2, -0.15) is 0 Å². The molecule has 21 heavy (non-hydrogen) atoms. The number of nitrogens with one attached hydrogen (secondary N) is 2. The average molecular weight is 327 g/mol. The first-order chi connectivity index (χ1) is 10.0. The van der Waals surface area contributed by atoms with Crippen LogP contribution >= 0.6 is 11.3 Å². The Morgan fingerprint density at radius 2 is 2.19 bits per heavy atom. The summed E-state index contributed by atoms with van der Waals surface area (Å²) in [6.07, 6.45) is 4.00. The summed E-state index contributed by atoms with van der Waals surface area (Å²) in [5.41, 5.74) is 0. The van der Waals surface area contributed by atoms with Crippen LogP contribution in [0.1, 0.15) is 29.4 Å². The molecule has 0 aliphatic heterocycles. The zero-order chi connectivity index (χ0) is 14.9. The van der Waals surface area contributed by atoms with Crippen LogP contribution in [0.4, 0.5) is 0 Å². The van der Waals surface area contributed by atoms with Gasteiger partial charge < -0.3 is 9.73 Å². The van der Waals surface area contributed by atoms with Crippen molar-refractivity contribution in [2.24, 2.45) is 0 Å². The highest BCUT2D eigenvalue weighted by Crippen LogP contribution is 2.24. The first-order valence-corrected chi connectivity index (χ1v) is 9.06. The molecule has 3 rings (SSSR count). The van der Waals surface area contributed by atoms with E-state index in [1.54, 1.807) is 19.2 Å². The molecular formula is C13H17N3O3S2. The molecule has 1 aliphatic rings. The molecule has 114 valence electrons. The lowest BCUT2D eigenvalue weighted by molar-refractivity contribution is 0.463. The van der Waals surface area contributed by atoms with Crippen LogP contribution in [0.5, 0.6) is 0 Å². The van der Waals surface area contributed by atoms with Crippen molar-refractivity contribution in [3.05, 3.63) is 34.9 Å². The van der Waals surface area contributed by atoms with Gasteiger partial charge >= 0.3 is 0 Å². The number of aryl methyl sites for hydroxylation is 1. The predicted octanol–water partition coefficient (Wildman–Crippen LogP) is 1.78. The van der Waals surface area contributed by atoms with Crippen LogP contribution in [0.3, 0.4) is 0 Å². The largest absolute Gasteiger partial charge is 0.445 e. The summed E-state index contributed by atoms with van der Waals surface area (Å²) < 4.78 is 32.4. The normalized spacial score (nSPS) is 15.5. The second-order valence-electron chi connectivity index (χ2n) is 5.07. The van der Waals surface area contributed by atoms with Crippen LogP contribution in [0, 0.1) is 6.92 Å². The highest BCUT2D eigenvalue weighted by molar-refractivity contribution is 7.91. The summed E-state index contributed by atoms with van der Waals surface area (Å²) in [5, 5.41) is 3.37. The van der Waals surface area contributed by atoms with Gasteiger partial charge in [0.1, 0.15) is 9.97 Å². The van der Waals surface area contributed by atoms with Crippen LogP contribution in [0.15, 0.2) is 27.0 Å². The monoisotopic (exact) mass is 327 g/mol. The fourth-order valence-electron chi connectivity index (χ4n) is 1.84. The summed E-state index contributed by atoms with van der Waals surface area (Å²) in [4.78, 5) is 5.00. The number of thiophene rings is 1. The Bertz CT molecular complexity index is 717. The molecule has 0 amide bonds. The predicted molar refractivity (Wildman–Crippen MR) is 79.4 cm³/mol. The summed E-state index contributed by atoms with van der Waals surface area (Å²) >= 11 is 1.29. The van der Waals surface area contributed by atoms with E-state index in [0.717, 1.165) is 11.4 Å². The van der Waals surface area contributed by atoms with Gasteiger partial charge in [-0.25, -0.2) is 18.1 Å². The quantitative estimate of drug-likeness (QED) is 0.810. The average Bonchev–Trinajstić information content (AvgIpc) is 2.97. The maximum absolute atomic E-state index is 12.2. The molecule has 0 aromatic carbocycles. The fraction of sp³-hybridized carbons (Fsp3) is 0.462. The smallest absolute Gasteiger partial charge is 0.250 e. The van der Waals surface area contributed by atoms with Gasteiger partial charge in [-0.3, -0.25) is 0 Å². The van der Waals surface area contributed by atoms with Crippen molar-refractivity contribution in [2.45, 2.75) is 43.1 Å². The molecule has 1 saturated carbocycles. The van der Waals surface area contributed by atoms with E-state index in [4.69, 9.17) is 4.42 Å². The minimum absolute atomic E-state index is 0.0593. The summed E-state index contributed by atoms with van der Waals surface area (Å²) in [5.74, 6) is 1.03. The lowest BCUT2D eigenvalue weighted by Gasteiger charge is -2.02. The lowest BCUT2D eigenvalue weighted by Crippen LogP contribution is -2.22. The molecule has 8 heteroatoms. The van der Waals surface area contributed by atoms with Crippen molar-refractivity contribution in [3.8, 4) is 0 Å². The molecule has 1 fully saturated rings. The Balaban J connectivity index is 1.60. The van der Waals surface area contributed by atoms with Crippen LogP contribution in [0.25, 0.3) is 0 Å². The summed E-state index contributed by atoms with van der Waals surface area (Å²) in [6, 6.07) is 4.10. The molecule has 2 heterocycles. The number of hydrogen-bond acceptors (Lipinski definition) is 6. The first-order valence-electron chi connectivity index (χ1n) is 6.76. The van der Waals surface area contributed by atoms with E-state index >= 15 is 0 Å². The van der Waals surface area contributed by atoms with E-state index < -0.39 is 10.0 Å². The van der Waals surface area contributed by atoms with Crippen molar-refractivity contribution in [3.63, 3.8) is 0 Å². The third-order valence-electron chi connectivity index (χ3n) is 3.13. The minimum Gasteiger partial charge on any atom is -0.445 e. The molecule has 2 N–H and O–H groups in total. The van der Waals surface area contributed by atoms with Gasteiger partial charge in [0.05, 0.1) is 12.7 Å². The van der Waals surface area contributed by atoms with Gasteiger partial charge in [0.2, 0.25) is 5.89 Å². The van der Waals surface area contributed by atoms with Crippen LogP contribution in [0.2, 0.25) is 0 Å². The molecule has 2 aromatic heterocycles. The third-order valence-corrected chi connectivity index (χ3v) is 6.11. The minimum atomic E-state index is -3.51. The fourth-order valence-corrected chi connectivity index (χ4v) is 4.17. The second-order valence-corrected chi connectivity index (χ2v) is 8.23. The van der Waals surface area contributed by atoms with Crippen LogP contribution in [-0.2, 0) is 23.1 Å². The van der Waals surface area contributed by atoms with Crippen molar-refractivity contribution >= 4 is 21.4 Å². The molecule has 0 saturated heterocycles. The first kappa shape index (κ1) is 14.7. The molecule has 0 spiro atoms. The van der Waals surface area contributed by atoms with Gasteiger partial charge in [-0.1, -0.05) is 0 Å². The summed E-state index contributed by atoms with van der Waals surface area (Å²) in [6.45, 7) is 2.55. The molecular weight excluding hydrogens is 310 g/mol. The standard InChI is InChI=1S/C13H17N3O3S2/c1-9-6-15-12(19-9)8-16-21(17,18)13-5-4-11(20-13)7-14-10-2-3-10/h4-6,10,14,16H,2-3,7-8H2,1H3. The van der Waals surface area contributed by atoms with E-state index in [9.17, 15) is 8.42 Å². The highest BCUT2D eigenvalue weighted by atomic mass is 32.2. The van der Waals surface area contributed by atoms with E-state index in [1.807, 2.05) is 6.07 Å². The number of rotatable bonds is 7. The third kappa shape index (κ3) is 3.91. The van der Waals surface area contributed by atoms with E-state index in [1.165, 1.54) is 24.2 Å². The van der Waals surface area contributed by atoms with Crippen molar-refractivity contribution < 1.29 is 12.8 Å². The van der Waals surface area contributed by atoms with Crippen molar-refractivity contribution in [2.75, 3.05) is 0 Å². The van der Waals surface area contributed by atoms with Crippen molar-refractivity contribution in [1.29, 1.82) is 0 Å². The second kappa shape index (κ2) is 5.88. The van der Waals surface area contributed by atoms with Gasteiger partial charge in [-0.05, 0) is 31.9 Å². The zero-order valence-corrected chi connectivity index (χ0v) is 13.3. The molecule has 0 bridgehead atoms. The number of hydrogen-bond donors (Lipinski definition) is 2. The Labute approximate surface area is 127 Å². The van der Waals surface area contributed by atoms with Gasteiger partial charge in [-0.15, -0.1) is 11.3 Å². The molecule has 2 aromatic rings. The molecule has 1 aliphatic carbocycles. The number of nitrogens with zero attached hydrogens (tertiary/aromatic N) is 1. The van der Waals surface area contributed by atoms with Gasteiger partial charge in [0, 0.05) is 17.5 Å². The lowest BCUT2D eigenvalue weighted by atomic mass is 10.4. The Hall–Kier alpha value is -1.22. The summed E-state index contributed by atoms with van der Waals surface area (Å²) in [7, 11) is -3.51. The maximum Gasteiger partial charge on any atom is 0.250 e. The Kier molecular flexibility index (Phi) is 4.12. The van der Waals surface area contributed by atoms with Crippen LogP contribution in [-0.4, -0.2) is 19.4 Å².